The number of aromatic carboxylic acids is 1. The summed E-state index contributed by atoms with van der Waals surface area (Å²) in [5.41, 5.74) is 0.352. The Labute approximate surface area is 221 Å². The van der Waals surface area contributed by atoms with Crippen molar-refractivity contribution in [1.29, 1.82) is 0 Å². The number of carboxylic acid groups (broad SMARTS) is 2. The summed E-state index contributed by atoms with van der Waals surface area (Å²) in [4.78, 5) is 41.5. The summed E-state index contributed by atoms with van der Waals surface area (Å²) in [6.07, 6.45) is -1.40. The van der Waals surface area contributed by atoms with E-state index < -0.39 is 42.8 Å². The van der Waals surface area contributed by atoms with Gasteiger partial charge in [0.25, 0.3) is 0 Å². The number of fused-ring (bicyclic) bond motifs is 1. The first-order valence-corrected chi connectivity index (χ1v) is 11.3. The van der Waals surface area contributed by atoms with Crippen molar-refractivity contribution in [1.82, 2.24) is 10.4 Å². The number of nitrogens with one attached hydrogen (secondary N) is 2. The molecular formula is C21H24N3NaO8S. The molecule has 0 bridgehead atoms. The molecule has 0 radical (unpaired) electrons. The third-order valence-corrected chi connectivity index (χ3v) is 7.57. The van der Waals surface area contributed by atoms with E-state index in [0.29, 0.717) is 23.6 Å². The Morgan fingerprint density at radius 3 is 2.76 bits per heavy atom. The molecular weight excluding hydrogens is 477 g/mol. The molecule has 6 atom stereocenters. The largest absolute Gasteiger partial charge is 1.00 e. The SMILES string of the molecule is C[C@H]1C(S[C@@H]2CN[C@H](C(=O)Nc3cccc(C(=O)O)c3)C2)=C(C(=O)[O-])N2O[C@H](C(O)CO)[C@H]12.[Na+]. The van der Waals surface area contributed by atoms with Crippen LogP contribution in [0, 0.1) is 5.92 Å². The van der Waals surface area contributed by atoms with Crippen molar-refractivity contribution in [2.45, 2.75) is 42.9 Å². The first-order chi connectivity index (χ1) is 15.7. The monoisotopic (exact) mass is 501 g/mol. The number of carboxylic acids is 2. The molecule has 178 valence electrons. The average molecular weight is 501 g/mol. The normalized spacial score (nSPS) is 28.6. The predicted molar refractivity (Wildman–Crippen MR) is 115 cm³/mol. The minimum absolute atomic E-state index is 0. The molecule has 1 unspecified atom stereocenters. The third kappa shape index (κ3) is 5.14. The van der Waals surface area contributed by atoms with Crippen molar-refractivity contribution < 1.29 is 69.2 Å². The number of carbonyl (C=O) groups excluding carboxylic acids is 2. The Morgan fingerprint density at radius 1 is 1.38 bits per heavy atom. The van der Waals surface area contributed by atoms with Crippen LogP contribution in [0.3, 0.4) is 0 Å². The second-order valence-electron chi connectivity index (χ2n) is 8.24. The predicted octanol–water partition coefficient (Wildman–Crippen LogP) is -4.26. The Balaban J connectivity index is 0.00000324. The Bertz CT molecular complexity index is 1010. The molecule has 1 amide bonds. The number of rotatable bonds is 8. The molecule has 13 heteroatoms. The molecule has 5 N–H and O–H groups in total. The number of aliphatic hydroxyl groups excluding tert-OH is 2. The van der Waals surface area contributed by atoms with Crippen molar-refractivity contribution >= 4 is 35.3 Å². The molecule has 0 spiro atoms. The molecule has 3 aliphatic rings. The van der Waals surface area contributed by atoms with Crippen LogP contribution in [0.5, 0.6) is 0 Å². The summed E-state index contributed by atoms with van der Waals surface area (Å²) in [6, 6.07) is 5.00. The summed E-state index contributed by atoms with van der Waals surface area (Å²) in [6.45, 7) is 1.80. The van der Waals surface area contributed by atoms with E-state index in [4.69, 9.17) is 9.94 Å². The van der Waals surface area contributed by atoms with E-state index in [1.165, 1.54) is 29.0 Å². The van der Waals surface area contributed by atoms with Crippen LogP contribution < -0.4 is 45.3 Å². The van der Waals surface area contributed by atoms with Crippen molar-refractivity contribution in [3.63, 3.8) is 0 Å². The molecule has 3 aliphatic heterocycles. The zero-order valence-corrected chi connectivity index (χ0v) is 21.4. The van der Waals surface area contributed by atoms with Crippen LogP contribution in [0.2, 0.25) is 0 Å². The van der Waals surface area contributed by atoms with Gasteiger partial charge < -0.3 is 35.9 Å². The number of hydroxylamine groups is 2. The quantitative estimate of drug-likeness (QED) is 0.219. The number of amides is 1. The molecule has 1 aromatic rings. The molecule has 0 saturated carbocycles. The van der Waals surface area contributed by atoms with Gasteiger partial charge in [0.1, 0.15) is 12.2 Å². The van der Waals surface area contributed by atoms with Crippen LogP contribution in [-0.4, -0.2) is 80.9 Å². The second kappa shape index (κ2) is 11.0. The van der Waals surface area contributed by atoms with Gasteiger partial charge in [0.15, 0.2) is 0 Å². The number of aliphatic carboxylic acids is 1. The fraction of sp³-hybridized carbons (Fsp3) is 0.476. The standard InChI is InChI=1S/C21H25N3O8S.Na/c1-9-15-17(14(26)8-25)32-24(15)16(21(30)31)18(9)33-12-6-13(22-7-12)19(27)23-11-4-2-3-10(5-11)20(28)29;/h2-5,9,12-15,17,22,25-26H,6-8H2,1H3,(H,23,27)(H,28,29)(H,30,31);/q;+1/p-1/t9-,12+,13+,14?,15+,17-;/m1./s1. The van der Waals surface area contributed by atoms with Crippen LogP contribution in [0.1, 0.15) is 23.7 Å². The van der Waals surface area contributed by atoms with Gasteiger partial charge in [-0.2, -0.15) is 0 Å². The van der Waals surface area contributed by atoms with Gasteiger partial charge in [0.2, 0.25) is 5.91 Å². The first kappa shape index (κ1) is 27.0. The van der Waals surface area contributed by atoms with Crippen molar-refractivity contribution in [3.05, 3.63) is 40.4 Å². The van der Waals surface area contributed by atoms with Crippen LogP contribution in [0.25, 0.3) is 0 Å². The maximum atomic E-state index is 12.7. The van der Waals surface area contributed by atoms with Gasteiger partial charge >= 0.3 is 35.5 Å². The van der Waals surface area contributed by atoms with E-state index in [1.54, 1.807) is 12.1 Å². The first-order valence-electron chi connectivity index (χ1n) is 10.5. The summed E-state index contributed by atoms with van der Waals surface area (Å²) >= 11 is 1.33. The summed E-state index contributed by atoms with van der Waals surface area (Å²) in [7, 11) is 0. The van der Waals surface area contributed by atoms with Crippen molar-refractivity contribution in [2.24, 2.45) is 5.92 Å². The maximum Gasteiger partial charge on any atom is 1.00 e. The molecule has 1 aromatic carbocycles. The van der Waals surface area contributed by atoms with E-state index >= 15 is 0 Å². The van der Waals surface area contributed by atoms with Gasteiger partial charge in [-0.25, -0.2) is 9.86 Å². The molecule has 2 fully saturated rings. The summed E-state index contributed by atoms with van der Waals surface area (Å²) in [5, 5.41) is 47.0. The fourth-order valence-corrected chi connectivity index (χ4v) is 5.86. The van der Waals surface area contributed by atoms with E-state index in [2.05, 4.69) is 10.6 Å². The topological polar surface area (TPSA) is 171 Å². The van der Waals surface area contributed by atoms with Crippen LogP contribution >= 0.6 is 11.8 Å². The Kier molecular flexibility index (Phi) is 8.69. The number of carbonyl (C=O) groups is 3. The van der Waals surface area contributed by atoms with Gasteiger partial charge in [-0.3, -0.25) is 9.63 Å². The molecule has 0 aliphatic carbocycles. The number of aliphatic hydroxyl groups is 2. The smallest absolute Gasteiger partial charge is 0.543 e. The maximum absolute atomic E-state index is 12.7. The molecule has 4 rings (SSSR count). The average Bonchev–Trinajstić information content (AvgIpc) is 3.30. The number of anilines is 1. The van der Waals surface area contributed by atoms with Gasteiger partial charge in [0.05, 0.1) is 35.9 Å². The van der Waals surface area contributed by atoms with Gasteiger partial charge in [-0.05, 0) is 24.6 Å². The van der Waals surface area contributed by atoms with Crippen LogP contribution in [0.15, 0.2) is 34.9 Å². The van der Waals surface area contributed by atoms with Crippen molar-refractivity contribution in [2.75, 3.05) is 18.5 Å². The molecule has 0 aromatic heterocycles. The van der Waals surface area contributed by atoms with Gasteiger partial charge in [-0.15, -0.1) is 11.8 Å². The van der Waals surface area contributed by atoms with Gasteiger partial charge in [0, 0.05) is 28.3 Å². The third-order valence-electron chi connectivity index (χ3n) is 6.06. The minimum atomic E-state index is -1.39. The Morgan fingerprint density at radius 2 is 2.12 bits per heavy atom. The molecule has 2 saturated heterocycles. The summed E-state index contributed by atoms with van der Waals surface area (Å²) < 4.78 is 0. The summed E-state index contributed by atoms with van der Waals surface area (Å²) in [5.74, 6) is -3.06. The minimum Gasteiger partial charge on any atom is -0.543 e. The zero-order chi connectivity index (χ0) is 23.9. The molecule has 34 heavy (non-hydrogen) atoms. The second-order valence-corrected chi connectivity index (χ2v) is 9.58. The zero-order valence-electron chi connectivity index (χ0n) is 18.6. The van der Waals surface area contributed by atoms with Crippen molar-refractivity contribution in [3.8, 4) is 0 Å². The Hall–Kier alpha value is -1.64. The van der Waals surface area contributed by atoms with E-state index in [9.17, 15) is 29.7 Å². The van der Waals surface area contributed by atoms with Crippen LogP contribution in [0.4, 0.5) is 5.69 Å². The number of hydrogen-bond donors (Lipinski definition) is 5. The number of benzene rings is 1. The molecule has 3 heterocycles. The van der Waals surface area contributed by atoms with E-state index in [0.717, 1.165) is 0 Å². The number of nitrogens with zero attached hydrogens (tertiary/aromatic N) is 1. The van der Waals surface area contributed by atoms with E-state index in [-0.39, 0.29) is 57.9 Å². The van der Waals surface area contributed by atoms with Crippen LogP contribution in [-0.2, 0) is 14.4 Å². The number of hydrogen-bond acceptors (Lipinski definition) is 10. The van der Waals surface area contributed by atoms with E-state index in [1.807, 2.05) is 6.92 Å². The fourth-order valence-electron chi connectivity index (χ4n) is 4.39. The van der Waals surface area contributed by atoms with Gasteiger partial charge in [-0.1, -0.05) is 13.0 Å². The number of thioether (sulfide) groups is 1. The molecule has 11 nitrogen and oxygen atoms in total.